The second-order valence-electron chi connectivity index (χ2n) is 6.02. The smallest absolute Gasteiger partial charge is 0.416 e. The van der Waals surface area contributed by atoms with Gasteiger partial charge in [0.2, 0.25) is 0 Å². The van der Waals surface area contributed by atoms with Gasteiger partial charge in [-0.05, 0) is 43.7 Å². The molecule has 1 atom stereocenters. The fourth-order valence-electron chi connectivity index (χ4n) is 2.87. The number of rotatable bonds is 2. The Hall–Kier alpha value is -2.90. The molecule has 0 radical (unpaired) electrons. The number of pyridine rings is 1. The quantitative estimate of drug-likeness (QED) is 0.516. The fourth-order valence-corrected chi connectivity index (χ4v) is 2.87. The monoisotopic (exact) mass is 364 g/mol. The maximum atomic E-state index is 13.0. The number of ether oxygens (including phenoxy) is 1. The van der Waals surface area contributed by atoms with Gasteiger partial charge in [-0.25, -0.2) is 4.98 Å². The third-order valence-corrected chi connectivity index (χ3v) is 4.30. The van der Waals surface area contributed by atoms with Crippen LogP contribution in [0.4, 0.5) is 13.2 Å². The molecule has 1 unspecified atom stereocenters. The molecule has 5 nitrogen and oxygen atoms in total. The maximum absolute atomic E-state index is 13.0. The van der Waals surface area contributed by atoms with E-state index in [1.165, 1.54) is 26.2 Å². The van der Waals surface area contributed by atoms with Crippen LogP contribution in [-0.4, -0.2) is 22.5 Å². The lowest BCUT2D eigenvalue weighted by Gasteiger charge is -2.13. The number of esters is 1. The third-order valence-electron chi connectivity index (χ3n) is 4.30. The highest BCUT2D eigenvalue weighted by Crippen LogP contribution is 2.30. The molecule has 1 aromatic carbocycles. The van der Waals surface area contributed by atoms with Crippen LogP contribution < -0.4 is 5.56 Å². The number of fused-ring (bicyclic) bond motifs is 2. The van der Waals surface area contributed by atoms with Crippen LogP contribution in [0, 0.1) is 6.92 Å². The van der Waals surface area contributed by atoms with Crippen LogP contribution in [-0.2, 0) is 15.7 Å². The van der Waals surface area contributed by atoms with Gasteiger partial charge >= 0.3 is 12.1 Å². The summed E-state index contributed by atoms with van der Waals surface area (Å²) >= 11 is 0. The molecule has 0 N–H and O–H groups in total. The summed E-state index contributed by atoms with van der Waals surface area (Å²) in [4.78, 5) is 28.7. The summed E-state index contributed by atoms with van der Waals surface area (Å²) in [6, 6.07) is 6.39. The van der Waals surface area contributed by atoms with Gasteiger partial charge < -0.3 is 4.74 Å². The van der Waals surface area contributed by atoms with Crippen molar-refractivity contribution in [3.63, 3.8) is 0 Å². The number of aryl methyl sites for hydroxylation is 1. The van der Waals surface area contributed by atoms with Gasteiger partial charge in [0.15, 0.2) is 0 Å². The average Bonchev–Trinajstić information content (AvgIpc) is 2.59. The minimum atomic E-state index is -4.53. The highest BCUT2D eigenvalue weighted by atomic mass is 19.4. The molecule has 26 heavy (non-hydrogen) atoms. The van der Waals surface area contributed by atoms with Gasteiger partial charge in [0.1, 0.15) is 5.65 Å². The zero-order valence-corrected chi connectivity index (χ0v) is 14.2. The van der Waals surface area contributed by atoms with Crippen LogP contribution >= 0.6 is 0 Å². The summed E-state index contributed by atoms with van der Waals surface area (Å²) in [7, 11) is 1.27. The summed E-state index contributed by atoms with van der Waals surface area (Å²) < 4.78 is 44.8. The lowest BCUT2D eigenvalue weighted by Crippen LogP contribution is -2.20. The highest BCUT2D eigenvalue weighted by Gasteiger charge is 2.31. The number of hydrogen-bond acceptors (Lipinski definition) is 4. The van der Waals surface area contributed by atoms with Gasteiger partial charge in [-0.3, -0.25) is 14.0 Å². The number of carbonyl (C=O) groups excluding carboxylic acids is 1. The summed E-state index contributed by atoms with van der Waals surface area (Å²) in [6.45, 7) is 3.05. The van der Waals surface area contributed by atoms with Crippen LogP contribution in [0.15, 0.2) is 35.1 Å². The van der Waals surface area contributed by atoms with Crippen molar-refractivity contribution in [3.8, 4) is 0 Å². The Kier molecular flexibility index (Phi) is 4.21. The van der Waals surface area contributed by atoms with Crippen molar-refractivity contribution in [1.29, 1.82) is 0 Å². The number of nitrogens with zero attached hydrogens (tertiary/aromatic N) is 2. The molecular weight excluding hydrogens is 349 g/mol. The van der Waals surface area contributed by atoms with E-state index >= 15 is 0 Å². The van der Waals surface area contributed by atoms with Crippen LogP contribution in [0.5, 0.6) is 0 Å². The van der Waals surface area contributed by atoms with Crippen molar-refractivity contribution in [2.75, 3.05) is 7.11 Å². The Labute approximate surface area is 146 Å². The Morgan fingerprint density at radius 3 is 2.54 bits per heavy atom. The van der Waals surface area contributed by atoms with Gasteiger partial charge in [-0.1, -0.05) is 6.07 Å². The van der Waals surface area contributed by atoms with E-state index in [0.717, 1.165) is 16.5 Å². The largest absolute Gasteiger partial charge is 0.469 e. The number of alkyl halides is 3. The fraction of sp³-hybridized carbons (Fsp3) is 0.278. The molecule has 0 aliphatic carbocycles. The SMILES string of the molecule is COC(=O)C(C)c1ccc2nc3cc(C(F)(F)F)cc(C)n3c(=O)c2c1. The van der Waals surface area contributed by atoms with Crippen molar-refractivity contribution in [1.82, 2.24) is 9.38 Å². The molecule has 136 valence electrons. The second kappa shape index (κ2) is 6.12. The first-order chi connectivity index (χ1) is 12.1. The van der Waals surface area contributed by atoms with E-state index in [2.05, 4.69) is 4.98 Å². The maximum Gasteiger partial charge on any atom is 0.416 e. The molecule has 8 heteroatoms. The topological polar surface area (TPSA) is 60.7 Å². The molecule has 0 fully saturated rings. The summed E-state index contributed by atoms with van der Waals surface area (Å²) in [6.07, 6.45) is -4.53. The van der Waals surface area contributed by atoms with E-state index in [1.54, 1.807) is 13.0 Å². The molecule has 0 amide bonds. The number of hydrogen-bond donors (Lipinski definition) is 0. The zero-order chi connectivity index (χ0) is 19.2. The van der Waals surface area contributed by atoms with Crippen molar-refractivity contribution >= 4 is 22.5 Å². The first-order valence-electron chi connectivity index (χ1n) is 7.75. The number of carbonyl (C=O) groups is 1. The average molecular weight is 364 g/mol. The molecular formula is C18H15F3N2O3. The lowest BCUT2D eigenvalue weighted by atomic mass is 9.99. The van der Waals surface area contributed by atoms with E-state index < -0.39 is 29.2 Å². The van der Waals surface area contributed by atoms with Gasteiger partial charge in [0.05, 0.1) is 29.5 Å². The van der Waals surface area contributed by atoms with Crippen LogP contribution in [0.1, 0.15) is 29.7 Å². The summed E-state index contributed by atoms with van der Waals surface area (Å²) in [5.41, 5.74) is -0.487. The molecule has 0 aliphatic rings. The predicted molar refractivity (Wildman–Crippen MR) is 89.1 cm³/mol. The molecule has 3 aromatic rings. The molecule has 0 saturated heterocycles. The van der Waals surface area contributed by atoms with E-state index in [4.69, 9.17) is 4.74 Å². The lowest BCUT2D eigenvalue weighted by molar-refractivity contribution is -0.142. The summed E-state index contributed by atoms with van der Waals surface area (Å²) in [5.74, 6) is -1.04. The molecule has 0 aliphatic heterocycles. The first-order valence-corrected chi connectivity index (χ1v) is 7.75. The number of aromatic nitrogens is 2. The predicted octanol–water partition coefficient (Wildman–Crippen LogP) is 3.45. The van der Waals surface area contributed by atoms with Crippen molar-refractivity contribution in [2.24, 2.45) is 0 Å². The van der Waals surface area contributed by atoms with Crippen LogP contribution in [0.2, 0.25) is 0 Å². The Bertz CT molecular complexity index is 1090. The van der Waals surface area contributed by atoms with Gasteiger partial charge in [-0.15, -0.1) is 0 Å². The Morgan fingerprint density at radius 2 is 1.92 bits per heavy atom. The molecule has 0 spiro atoms. The minimum Gasteiger partial charge on any atom is -0.469 e. The van der Waals surface area contributed by atoms with Crippen LogP contribution in [0.25, 0.3) is 16.6 Å². The third kappa shape index (κ3) is 2.91. The van der Waals surface area contributed by atoms with Gasteiger partial charge in [0, 0.05) is 5.69 Å². The van der Waals surface area contributed by atoms with Crippen molar-refractivity contribution in [3.05, 3.63) is 57.5 Å². The minimum absolute atomic E-state index is 0.0800. The highest BCUT2D eigenvalue weighted by molar-refractivity contribution is 5.84. The molecule has 0 saturated carbocycles. The number of methoxy groups -OCH3 is 1. The van der Waals surface area contributed by atoms with E-state index in [1.807, 2.05) is 0 Å². The second-order valence-corrected chi connectivity index (χ2v) is 6.02. The van der Waals surface area contributed by atoms with Gasteiger partial charge in [0.25, 0.3) is 5.56 Å². The van der Waals surface area contributed by atoms with E-state index in [-0.39, 0.29) is 22.2 Å². The van der Waals surface area contributed by atoms with Crippen LogP contribution in [0.3, 0.4) is 0 Å². The standard InChI is InChI=1S/C18H15F3N2O3/c1-9-6-12(18(19,20)21)8-15-22-14-5-4-11(10(2)17(25)26-3)7-13(14)16(24)23(9)15/h4-8,10H,1-3H3. The Morgan fingerprint density at radius 1 is 1.23 bits per heavy atom. The number of halogens is 3. The molecule has 0 bridgehead atoms. The van der Waals surface area contributed by atoms with Crippen molar-refractivity contribution in [2.45, 2.75) is 25.9 Å². The first kappa shape index (κ1) is 17.9. The molecule has 2 aromatic heterocycles. The number of benzene rings is 1. The zero-order valence-electron chi connectivity index (χ0n) is 14.2. The van der Waals surface area contributed by atoms with Crippen molar-refractivity contribution < 1.29 is 22.7 Å². The Balaban J connectivity index is 2.29. The summed E-state index contributed by atoms with van der Waals surface area (Å²) in [5, 5.41) is 0.221. The normalized spacial score (nSPS) is 13.2. The van der Waals surface area contributed by atoms with E-state index in [9.17, 15) is 22.8 Å². The van der Waals surface area contributed by atoms with E-state index in [0.29, 0.717) is 5.56 Å². The van der Waals surface area contributed by atoms with Gasteiger partial charge in [-0.2, -0.15) is 13.2 Å². The molecule has 3 rings (SSSR count). The molecule has 2 heterocycles.